The fourth-order valence-electron chi connectivity index (χ4n) is 1.69. The van der Waals surface area contributed by atoms with Crippen molar-refractivity contribution >= 4 is 29.6 Å². The third kappa shape index (κ3) is 4.59. The lowest BCUT2D eigenvalue weighted by Gasteiger charge is -2.11. The summed E-state index contributed by atoms with van der Waals surface area (Å²) in [5.41, 5.74) is 13.2. The summed E-state index contributed by atoms with van der Waals surface area (Å²) in [5, 5.41) is 2.84. The van der Waals surface area contributed by atoms with Crippen LogP contribution in [0.25, 0.3) is 0 Å². The summed E-state index contributed by atoms with van der Waals surface area (Å²) in [7, 11) is 0. The van der Waals surface area contributed by atoms with Gasteiger partial charge in [-0.1, -0.05) is 41.6 Å². The molecule has 8 heteroatoms. The van der Waals surface area contributed by atoms with Crippen molar-refractivity contribution in [2.24, 2.45) is 0 Å². The maximum absolute atomic E-state index is 12.1. The molecule has 1 atom stereocenters. The van der Waals surface area contributed by atoms with Crippen LogP contribution in [0.3, 0.4) is 0 Å². The highest BCUT2D eigenvalue weighted by molar-refractivity contribution is 8.00. The van der Waals surface area contributed by atoms with Crippen LogP contribution < -0.4 is 16.8 Å². The van der Waals surface area contributed by atoms with Gasteiger partial charge in [0.1, 0.15) is 0 Å². The quantitative estimate of drug-likeness (QED) is 0.707. The highest BCUT2D eigenvalue weighted by Crippen LogP contribution is 2.20. The van der Waals surface area contributed by atoms with Crippen molar-refractivity contribution in [3.8, 4) is 0 Å². The first-order valence-corrected chi connectivity index (χ1v) is 7.59. The number of hydrogen-bond donors (Lipinski definition) is 3. The molecule has 1 amide bonds. The van der Waals surface area contributed by atoms with Crippen molar-refractivity contribution in [1.82, 2.24) is 20.3 Å². The third-order valence-electron chi connectivity index (χ3n) is 2.89. The lowest BCUT2D eigenvalue weighted by Crippen LogP contribution is -2.30. The van der Waals surface area contributed by atoms with Crippen LogP contribution in [0, 0.1) is 6.92 Å². The van der Waals surface area contributed by atoms with Gasteiger partial charge in [0.05, 0.1) is 5.25 Å². The molecule has 0 unspecified atom stereocenters. The molecule has 0 aliphatic carbocycles. The number of aromatic nitrogens is 3. The minimum atomic E-state index is -0.369. The van der Waals surface area contributed by atoms with Gasteiger partial charge in [0, 0.05) is 6.54 Å². The zero-order valence-electron chi connectivity index (χ0n) is 12.4. The van der Waals surface area contributed by atoms with E-state index in [9.17, 15) is 4.79 Å². The van der Waals surface area contributed by atoms with Crippen LogP contribution in [0.1, 0.15) is 18.1 Å². The van der Waals surface area contributed by atoms with Gasteiger partial charge in [-0.25, -0.2) is 0 Å². The molecule has 22 heavy (non-hydrogen) atoms. The predicted molar refractivity (Wildman–Crippen MR) is 87.0 cm³/mol. The number of aryl methyl sites for hydroxylation is 1. The first-order valence-electron chi connectivity index (χ1n) is 6.71. The second-order valence-corrected chi connectivity index (χ2v) is 6.11. The third-order valence-corrected chi connectivity index (χ3v) is 3.85. The number of anilines is 2. The molecule has 0 aliphatic heterocycles. The van der Waals surface area contributed by atoms with Crippen molar-refractivity contribution in [1.29, 1.82) is 0 Å². The van der Waals surface area contributed by atoms with E-state index in [0.29, 0.717) is 11.7 Å². The van der Waals surface area contributed by atoms with E-state index in [0.717, 1.165) is 5.56 Å². The second kappa shape index (κ2) is 7.08. The molecule has 2 aromatic rings. The Morgan fingerprint density at radius 3 is 2.36 bits per heavy atom. The average molecular weight is 318 g/mol. The van der Waals surface area contributed by atoms with Crippen LogP contribution in [-0.2, 0) is 11.3 Å². The number of nitrogens with zero attached hydrogens (tertiary/aromatic N) is 3. The van der Waals surface area contributed by atoms with Crippen molar-refractivity contribution in [2.75, 3.05) is 11.5 Å². The van der Waals surface area contributed by atoms with Gasteiger partial charge in [-0.05, 0) is 19.4 Å². The molecule has 0 fully saturated rings. The van der Waals surface area contributed by atoms with Gasteiger partial charge in [-0.15, -0.1) is 0 Å². The average Bonchev–Trinajstić information content (AvgIpc) is 2.45. The Labute approximate surface area is 132 Å². The molecule has 5 N–H and O–H groups in total. The molecule has 0 spiro atoms. The summed E-state index contributed by atoms with van der Waals surface area (Å²) in [5.74, 6) is -0.0207. The fraction of sp³-hybridized carbons (Fsp3) is 0.286. The van der Waals surface area contributed by atoms with Crippen LogP contribution in [0.5, 0.6) is 0 Å². The number of nitrogens with two attached hydrogens (primary N) is 2. The van der Waals surface area contributed by atoms with Gasteiger partial charge in [0.25, 0.3) is 0 Å². The zero-order valence-corrected chi connectivity index (χ0v) is 13.2. The van der Waals surface area contributed by atoms with Crippen molar-refractivity contribution in [2.45, 2.75) is 30.8 Å². The standard InChI is InChI=1S/C14H18N6OS/c1-8-3-5-10(6-4-8)7-17-11(21)9(2)22-14-19-12(15)18-13(16)20-14/h3-6,9H,7H2,1-2H3,(H,17,21)(H4,15,16,18,19,20)/t9-/m0/s1. The number of nitrogens with one attached hydrogen (secondary N) is 1. The van der Waals surface area contributed by atoms with Gasteiger partial charge in [-0.2, -0.15) is 15.0 Å². The van der Waals surface area contributed by atoms with E-state index in [1.165, 1.54) is 17.3 Å². The molecule has 2 rings (SSSR count). The molecule has 0 aliphatic rings. The molecular weight excluding hydrogens is 300 g/mol. The Kier molecular flexibility index (Phi) is 5.16. The number of benzene rings is 1. The van der Waals surface area contributed by atoms with Crippen LogP contribution in [0.15, 0.2) is 29.4 Å². The molecule has 0 radical (unpaired) electrons. The molecule has 116 valence electrons. The minimum absolute atomic E-state index is 0.0438. The molecule has 7 nitrogen and oxygen atoms in total. The maximum atomic E-state index is 12.1. The molecule has 0 saturated carbocycles. The molecule has 1 aromatic heterocycles. The summed E-state index contributed by atoms with van der Waals surface area (Å²) in [4.78, 5) is 23.7. The smallest absolute Gasteiger partial charge is 0.233 e. The van der Waals surface area contributed by atoms with Crippen molar-refractivity contribution in [3.05, 3.63) is 35.4 Å². The Morgan fingerprint density at radius 1 is 1.18 bits per heavy atom. The maximum Gasteiger partial charge on any atom is 0.233 e. The first kappa shape index (κ1) is 16.0. The highest BCUT2D eigenvalue weighted by Gasteiger charge is 2.16. The fourth-order valence-corrected chi connectivity index (χ4v) is 2.49. The Bertz CT molecular complexity index is 641. The first-order chi connectivity index (χ1) is 10.4. The SMILES string of the molecule is Cc1ccc(CNC(=O)[C@H](C)Sc2nc(N)nc(N)n2)cc1. The van der Waals surface area contributed by atoms with E-state index in [1.807, 2.05) is 31.2 Å². The summed E-state index contributed by atoms with van der Waals surface area (Å²) >= 11 is 1.18. The second-order valence-electron chi connectivity index (χ2n) is 4.80. The van der Waals surface area contributed by atoms with Crippen LogP contribution in [0.4, 0.5) is 11.9 Å². The van der Waals surface area contributed by atoms with Crippen LogP contribution in [0.2, 0.25) is 0 Å². The number of carbonyl (C=O) groups excluding carboxylic acids is 1. The number of hydrogen-bond acceptors (Lipinski definition) is 7. The zero-order chi connectivity index (χ0) is 16.1. The Morgan fingerprint density at radius 2 is 1.77 bits per heavy atom. The van der Waals surface area contributed by atoms with E-state index in [4.69, 9.17) is 11.5 Å². The minimum Gasteiger partial charge on any atom is -0.368 e. The van der Waals surface area contributed by atoms with Gasteiger partial charge >= 0.3 is 0 Å². The summed E-state index contributed by atoms with van der Waals surface area (Å²) in [6.07, 6.45) is 0. The van der Waals surface area contributed by atoms with Gasteiger partial charge in [0.2, 0.25) is 17.8 Å². The van der Waals surface area contributed by atoms with Crippen LogP contribution in [-0.4, -0.2) is 26.1 Å². The van der Waals surface area contributed by atoms with E-state index in [1.54, 1.807) is 6.92 Å². The monoisotopic (exact) mass is 318 g/mol. The molecule has 0 saturated heterocycles. The summed E-state index contributed by atoms with van der Waals surface area (Å²) in [6.45, 7) is 4.27. The summed E-state index contributed by atoms with van der Waals surface area (Å²) < 4.78 is 0. The molecule has 1 aromatic carbocycles. The summed E-state index contributed by atoms with van der Waals surface area (Å²) in [6, 6.07) is 7.99. The number of thioether (sulfide) groups is 1. The number of amides is 1. The van der Waals surface area contributed by atoms with E-state index in [2.05, 4.69) is 20.3 Å². The lowest BCUT2D eigenvalue weighted by atomic mass is 10.1. The van der Waals surface area contributed by atoms with Gasteiger partial charge < -0.3 is 16.8 Å². The highest BCUT2D eigenvalue weighted by atomic mass is 32.2. The van der Waals surface area contributed by atoms with Crippen LogP contribution >= 0.6 is 11.8 Å². The number of rotatable bonds is 5. The van der Waals surface area contributed by atoms with E-state index < -0.39 is 0 Å². The predicted octanol–water partition coefficient (Wildman–Crippen LogP) is 1.14. The number of carbonyl (C=O) groups is 1. The molecular formula is C14H18N6OS. The Hall–Kier alpha value is -2.35. The van der Waals surface area contributed by atoms with Crippen molar-refractivity contribution < 1.29 is 4.79 Å². The van der Waals surface area contributed by atoms with Gasteiger partial charge in [0.15, 0.2) is 5.16 Å². The topological polar surface area (TPSA) is 120 Å². The lowest BCUT2D eigenvalue weighted by molar-refractivity contribution is -0.120. The Balaban J connectivity index is 1.90. The number of nitrogen functional groups attached to an aromatic ring is 2. The largest absolute Gasteiger partial charge is 0.368 e. The normalized spacial score (nSPS) is 11.9. The molecule has 1 heterocycles. The van der Waals surface area contributed by atoms with E-state index >= 15 is 0 Å². The van der Waals surface area contributed by atoms with Gasteiger partial charge in [-0.3, -0.25) is 4.79 Å². The van der Waals surface area contributed by atoms with E-state index in [-0.39, 0.29) is 23.1 Å². The molecule has 0 bridgehead atoms. The van der Waals surface area contributed by atoms with Crippen molar-refractivity contribution in [3.63, 3.8) is 0 Å².